The molecule has 3 atom stereocenters. The number of carbonyl (C=O) groups excluding carboxylic acids is 3. The normalized spacial score (nSPS) is 14.7. The van der Waals surface area contributed by atoms with E-state index < -0.39 is 44.9 Å². The summed E-state index contributed by atoms with van der Waals surface area (Å²) in [5, 5.41) is 6.16. The lowest BCUT2D eigenvalue weighted by Crippen LogP contribution is -2.61. The third-order valence-corrected chi connectivity index (χ3v) is 9.52. The van der Waals surface area contributed by atoms with Gasteiger partial charge in [-0.1, -0.05) is 109 Å². The fourth-order valence-electron chi connectivity index (χ4n) is 5.41. The van der Waals surface area contributed by atoms with Gasteiger partial charge in [0.2, 0.25) is 21.8 Å². The van der Waals surface area contributed by atoms with Crippen molar-refractivity contribution < 1.29 is 22.8 Å². The number of hydrogen-bond acceptors (Lipinski definition) is 7. The Bertz CT molecular complexity index is 1480. The van der Waals surface area contributed by atoms with Crippen molar-refractivity contribution in [2.24, 2.45) is 17.1 Å². The minimum Gasteiger partial charge on any atom is -0.342 e. The maximum atomic E-state index is 14.1. The van der Waals surface area contributed by atoms with Gasteiger partial charge in [0, 0.05) is 24.6 Å². The fraction of sp³-hybridized carbons (Fsp3) is 0.514. The smallest absolute Gasteiger partial charge is 0.260 e. The lowest BCUT2D eigenvalue weighted by Gasteiger charge is -2.40. The van der Waals surface area contributed by atoms with Gasteiger partial charge in [0.25, 0.3) is 5.91 Å². The first-order chi connectivity index (χ1) is 21.2. The van der Waals surface area contributed by atoms with E-state index in [9.17, 15) is 22.8 Å². The van der Waals surface area contributed by atoms with Crippen molar-refractivity contribution in [1.29, 1.82) is 0 Å². The van der Waals surface area contributed by atoms with Crippen LogP contribution in [0.1, 0.15) is 72.1 Å². The molecule has 2 aromatic rings. The maximum Gasteiger partial charge on any atom is 0.260 e. The summed E-state index contributed by atoms with van der Waals surface area (Å²) in [7, 11) is -0.634. The molecular formula is C35H53N5O5S. The highest BCUT2D eigenvalue weighted by molar-refractivity contribution is 7.89. The predicted molar refractivity (Wildman–Crippen MR) is 184 cm³/mol. The molecule has 0 fully saturated rings. The van der Waals surface area contributed by atoms with Crippen molar-refractivity contribution in [3.8, 4) is 0 Å². The first-order valence-electron chi connectivity index (χ1n) is 15.6. The second-order valence-electron chi connectivity index (χ2n) is 13.9. The lowest BCUT2D eigenvalue weighted by atomic mass is 9.76. The Morgan fingerprint density at radius 2 is 1.46 bits per heavy atom. The molecule has 2 rings (SSSR count). The van der Waals surface area contributed by atoms with Crippen LogP contribution in [0.4, 0.5) is 0 Å². The van der Waals surface area contributed by atoms with E-state index in [0.717, 1.165) is 11.1 Å². The minimum atomic E-state index is -3.99. The van der Waals surface area contributed by atoms with E-state index in [0.29, 0.717) is 12.1 Å². The summed E-state index contributed by atoms with van der Waals surface area (Å²) < 4.78 is 27.7. The van der Waals surface area contributed by atoms with Crippen LogP contribution in [0.3, 0.4) is 0 Å². The van der Waals surface area contributed by atoms with Crippen molar-refractivity contribution in [1.82, 2.24) is 20.3 Å². The number of rotatable bonds is 14. The molecule has 5 N–H and O–H groups in total. The molecule has 0 spiro atoms. The number of benzene rings is 2. The van der Waals surface area contributed by atoms with Crippen LogP contribution in [0.25, 0.3) is 0 Å². The SMILES string of the molecule is CN[C@H](C(=O)NC(C(=O)N(C)[C@H](/C=C(\C)C(=O)NS(=O)(=O)Cc1ccc(CN)cc1)C(C)C)C(C)(C)C)C(C)(C)c1ccccc1. The lowest BCUT2D eigenvalue weighted by molar-refractivity contribution is -0.140. The molecule has 0 aromatic heterocycles. The zero-order valence-electron chi connectivity index (χ0n) is 29.0. The van der Waals surface area contributed by atoms with Crippen molar-refractivity contribution in [2.75, 3.05) is 14.1 Å². The second-order valence-corrected chi connectivity index (χ2v) is 15.6. The average molecular weight is 656 g/mol. The standard InChI is InChI=1S/C35H53N5O5S/c1-23(2)28(20-24(3)31(41)39-46(44,45)22-26-18-16-25(21-36)17-19-26)40(10)33(43)30(34(4,5)6)38-32(42)29(37-9)35(7,8)27-14-12-11-13-15-27/h11-20,23,28-30,37H,21-22,36H2,1-10H3,(H,38,42)(H,39,41)/b24-20+/t28-,29-,30?/m1/s1. The van der Waals surface area contributed by atoms with E-state index in [4.69, 9.17) is 5.73 Å². The number of amides is 3. The van der Waals surface area contributed by atoms with Gasteiger partial charge in [-0.2, -0.15) is 0 Å². The molecule has 0 bridgehead atoms. The molecule has 46 heavy (non-hydrogen) atoms. The monoisotopic (exact) mass is 655 g/mol. The van der Waals surface area contributed by atoms with E-state index >= 15 is 0 Å². The molecule has 0 aliphatic heterocycles. The highest BCUT2D eigenvalue weighted by Gasteiger charge is 2.41. The first kappa shape index (κ1) is 38.6. The van der Waals surface area contributed by atoms with E-state index in [1.807, 2.05) is 78.8 Å². The third kappa shape index (κ3) is 10.2. The minimum absolute atomic E-state index is 0.132. The van der Waals surface area contributed by atoms with Gasteiger partial charge in [0.05, 0.1) is 17.8 Å². The van der Waals surface area contributed by atoms with E-state index in [-0.39, 0.29) is 29.1 Å². The predicted octanol–water partition coefficient (Wildman–Crippen LogP) is 3.62. The first-order valence-corrected chi connectivity index (χ1v) is 17.2. The number of carbonyl (C=O) groups is 3. The number of nitrogens with zero attached hydrogens (tertiary/aromatic N) is 1. The molecule has 0 aliphatic rings. The summed E-state index contributed by atoms with van der Waals surface area (Å²) in [6, 6.07) is 14.5. The number of nitrogens with two attached hydrogens (primary N) is 1. The molecule has 254 valence electrons. The third-order valence-electron chi connectivity index (χ3n) is 8.31. The van der Waals surface area contributed by atoms with Gasteiger partial charge < -0.3 is 21.3 Å². The van der Waals surface area contributed by atoms with Gasteiger partial charge >= 0.3 is 0 Å². The van der Waals surface area contributed by atoms with Crippen molar-refractivity contribution in [2.45, 2.75) is 91.2 Å². The Labute approximate surface area is 275 Å². The molecule has 0 radical (unpaired) electrons. The van der Waals surface area contributed by atoms with Crippen LogP contribution in [0.5, 0.6) is 0 Å². The molecule has 11 heteroatoms. The van der Waals surface area contributed by atoms with Crippen molar-refractivity contribution in [3.63, 3.8) is 0 Å². The average Bonchev–Trinajstić information content (AvgIpc) is 2.97. The molecule has 0 aliphatic carbocycles. The van der Waals surface area contributed by atoms with Crippen LogP contribution in [-0.4, -0.2) is 63.3 Å². The molecule has 0 heterocycles. The fourth-order valence-corrected chi connectivity index (χ4v) is 6.56. The quantitative estimate of drug-likeness (QED) is 0.227. The molecule has 1 unspecified atom stereocenters. The van der Waals surface area contributed by atoms with Gasteiger partial charge in [-0.15, -0.1) is 0 Å². The highest BCUT2D eigenvalue weighted by atomic mass is 32.2. The van der Waals surface area contributed by atoms with Gasteiger partial charge in [-0.3, -0.25) is 14.4 Å². The van der Waals surface area contributed by atoms with E-state index in [1.54, 1.807) is 44.4 Å². The number of nitrogens with one attached hydrogen (secondary N) is 3. The Kier molecular flexibility index (Phi) is 13.3. The zero-order valence-corrected chi connectivity index (χ0v) is 29.8. The van der Waals surface area contributed by atoms with Crippen LogP contribution in [-0.2, 0) is 42.1 Å². The topological polar surface area (TPSA) is 151 Å². The van der Waals surface area contributed by atoms with Crippen molar-refractivity contribution >= 4 is 27.7 Å². The summed E-state index contributed by atoms with van der Waals surface area (Å²) >= 11 is 0. The number of sulfonamides is 1. The van der Waals surface area contributed by atoms with Crippen LogP contribution in [0.2, 0.25) is 0 Å². The molecule has 10 nitrogen and oxygen atoms in total. The molecule has 0 saturated carbocycles. The Morgan fingerprint density at radius 3 is 1.93 bits per heavy atom. The van der Waals surface area contributed by atoms with Crippen molar-refractivity contribution in [3.05, 3.63) is 82.9 Å². The Hall–Kier alpha value is -3.54. The van der Waals surface area contributed by atoms with Gasteiger partial charge in [0.1, 0.15) is 6.04 Å². The Morgan fingerprint density at radius 1 is 0.913 bits per heavy atom. The molecular weight excluding hydrogens is 602 g/mol. The van der Waals surface area contributed by atoms with Crippen LogP contribution in [0, 0.1) is 11.3 Å². The number of likely N-dealkylation sites (N-methyl/N-ethyl adjacent to an activating group) is 2. The molecule has 3 amide bonds. The van der Waals surface area contributed by atoms with E-state index in [1.165, 1.54) is 11.8 Å². The maximum absolute atomic E-state index is 14.1. The second kappa shape index (κ2) is 15.8. The van der Waals surface area contributed by atoms with Crippen LogP contribution in [0.15, 0.2) is 66.2 Å². The number of hydrogen-bond donors (Lipinski definition) is 4. The summed E-state index contributed by atoms with van der Waals surface area (Å²) in [6.07, 6.45) is 1.60. The van der Waals surface area contributed by atoms with Crippen LogP contribution >= 0.6 is 0 Å². The molecule has 0 saturated heterocycles. The highest BCUT2D eigenvalue weighted by Crippen LogP contribution is 2.29. The Balaban J connectivity index is 2.28. The van der Waals surface area contributed by atoms with Gasteiger partial charge in [0.15, 0.2) is 0 Å². The van der Waals surface area contributed by atoms with E-state index in [2.05, 4.69) is 15.4 Å². The zero-order chi connectivity index (χ0) is 35.0. The van der Waals surface area contributed by atoms with Crippen LogP contribution < -0.4 is 21.1 Å². The summed E-state index contributed by atoms with van der Waals surface area (Å²) in [6.45, 7) is 15.3. The summed E-state index contributed by atoms with van der Waals surface area (Å²) in [5.41, 5.74) is 6.90. The summed E-state index contributed by atoms with van der Waals surface area (Å²) in [4.78, 5) is 42.4. The van der Waals surface area contributed by atoms with Gasteiger partial charge in [-0.25, -0.2) is 13.1 Å². The summed E-state index contributed by atoms with van der Waals surface area (Å²) in [5.74, 6) is -1.92. The van der Waals surface area contributed by atoms with Gasteiger partial charge in [-0.05, 0) is 42.0 Å². The largest absolute Gasteiger partial charge is 0.342 e. The molecule has 2 aromatic carbocycles.